The average Bonchev–Trinajstić information content (AvgIpc) is 3.00. The van der Waals surface area contributed by atoms with Gasteiger partial charge in [0.25, 0.3) is 0 Å². The first-order chi connectivity index (χ1) is 21.8. The molecule has 2 aliphatic rings. The van der Waals surface area contributed by atoms with E-state index in [0.29, 0.717) is 24.2 Å². The molecule has 1 saturated heterocycles. The Morgan fingerprint density at radius 1 is 0.933 bits per heavy atom. The van der Waals surface area contributed by atoms with Crippen molar-refractivity contribution in [2.45, 2.75) is 79.9 Å². The zero-order chi connectivity index (χ0) is 33.6. The van der Waals surface area contributed by atoms with Crippen LogP contribution in [0.1, 0.15) is 77.5 Å². The molecule has 0 unspecified atom stereocenters. The Morgan fingerprint density at radius 3 is 2.04 bits per heavy atom. The van der Waals surface area contributed by atoms with Gasteiger partial charge in [0.15, 0.2) is 0 Å². The maximum absolute atomic E-state index is 8.62. The molecule has 1 saturated carbocycles. The molecule has 5 heteroatoms. The molecule has 246 valence electrons. The molecule has 1 aromatic carbocycles. The zero-order valence-electron chi connectivity index (χ0n) is 28.8. The number of aliphatic hydroxyl groups is 1. The monoisotopic (exact) mass is 615 g/mol. The van der Waals surface area contributed by atoms with E-state index in [4.69, 9.17) is 19.3 Å². The molecule has 2 fully saturated rings. The van der Waals surface area contributed by atoms with Crippen molar-refractivity contribution >= 4 is 11.1 Å². The summed E-state index contributed by atoms with van der Waals surface area (Å²) in [6, 6.07) is 6.59. The van der Waals surface area contributed by atoms with Crippen LogP contribution in [0.3, 0.4) is 0 Å². The van der Waals surface area contributed by atoms with Crippen LogP contribution < -0.4 is 5.32 Å². The van der Waals surface area contributed by atoms with E-state index in [2.05, 4.69) is 88.3 Å². The van der Waals surface area contributed by atoms with E-state index in [9.17, 15) is 0 Å². The normalized spacial score (nSPS) is 16.1. The molecule has 3 rings (SSSR count). The Hall–Kier alpha value is -3.80. The van der Waals surface area contributed by atoms with Gasteiger partial charge < -0.3 is 24.6 Å². The molecule has 1 heterocycles. The van der Waals surface area contributed by atoms with Crippen molar-refractivity contribution in [1.82, 2.24) is 5.32 Å². The maximum atomic E-state index is 8.62. The Labute approximate surface area is 273 Å². The highest BCUT2D eigenvalue weighted by atomic mass is 16.5. The summed E-state index contributed by atoms with van der Waals surface area (Å²) in [7, 11) is 0. The summed E-state index contributed by atoms with van der Waals surface area (Å²) < 4.78 is 16.6. The van der Waals surface area contributed by atoms with E-state index in [1.807, 2.05) is 45.9 Å². The van der Waals surface area contributed by atoms with Crippen LogP contribution in [0.15, 0.2) is 115 Å². The number of nitrogens with one attached hydrogen (secondary N) is 1. The fourth-order valence-electron chi connectivity index (χ4n) is 4.42. The molecule has 0 spiro atoms. The third kappa shape index (κ3) is 14.2. The Balaban J connectivity index is 0.000000479. The van der Waals surface area contributed by atoms with E-state index >= 15 is 0 Å². The number of ether oxygens (including phenoxy) is 3. The fourth-order valence-corrected chi connectivity index (χ4v) is 4.42. The van der Waals surface area contributed by atoms with Gasteiger partial charge in [-0.3, -0.25) is 0 Å². The minimum absolute atomic E-state index is 0.0103. The molecule has 1 aliphatic heterocycles. The molecule has 0 atom stereocenters. The van der Waals surface area contributed by atoms with Crippen LogP contribution in [0.2, 0.25) is 0 Å². The van der Waals surface area contributed by atoms with Gasteiger partial charge in [-0.1, -0.05) is 82.2 Å². The smallest absolute Gasteiger partial charge is 0.123 e. The van der Waals surface area contributed by atoms with Gasteiger partial charge in [0, 0.05) is 13.1 Å². The highest BCUT2D eigenvalue weighted by molar-refractivity contribution is 5.82. The highest BCUT2D eigenvalue weighted by Gasteiger charge is 2.19. The number of aliphatic hydroxyl groups excluding tert-OH is 1. The van der Waals surface area contributed by atoms with Crippen molar-refractivity contribution < 1.29 is 19.3 Å². The lowest BCUT2D eigenvalue weighted by Crippen LogP contribution is -2.48. The molecule has 0 aromatic heterocycles. The summed E-state index contributed by atoms with van der Waals surface area (Å²) in [6.45, 7) is 28.1. The first kappa shape index (κ1) is 39.2. The van der Waals surface area contributed by atoms with Crippen LogP contribution in [0.5, 0.6) is 0 Å². The Kier molecular flexibility index (Phi) is 19.8. The quantitative estimate of drug-likeness (QED) is 0.152. The number of hydrogen-bond acceptors (Lipinski definition) is 5. The maximum Gasteiger partial charge on any atom is 0.123 e. The average molecular weight is 616 g/mol. The van der Waals surface area contributed by atoms with Gasteiger partial charge in [-0.15, -0.1) is 0 Å². The second-order valence-corrected chi connectivity index (χ2v) is 10.5. The number of rotatable bonds is 15. The number of aryl methyl sites for hydroxylation is 1. The zero-order valence-corrected chi connectivity index (χ0v) is 28.8. The molecule has 2 N–H and O–H groups in total. The third-order valence-electron chi connectivity index (χ3n) is 7.17. The second kappa shape index (κ2) is 22.7. The standard InChI is InChI=1S/C26H32O.C12H19NO3.C2H6/c1-7-11-19(4)25(9-3)26-17-16-23(18-20(26)5)22(8-2)15-14-21(6)27-24-12-10-13-24;1-3-11(15-7-6-14)5-4-10(2)16-12-8-13-9-12;1-2/h7-9,11,14-18,24H,3,6,10,12-13H2,1-2,4-5H3;3-5,12-14H,2,6-9H2,1H3;1-2H3/b11-7-,15-14-,22-8+,25-19+;5-4-,11-3+;. The molecule has 0 radical (unpaired) electrons. The van der Waals surface area contributed by atoms with Crippen molar-refractivity contribution in [2.24, 2.45) is 0 Å². The van der Waals surface area contributed by atoms with Gasteiger partial charge in [-0.05, 0) is 112 Å². The molecule has 45 heavy (non-hydrogen) atoms. The minimum Gasteiger partial charge on any atom is -0.492 e. The van der Waals surface area contributed by atoms with Gasteiger partial charge >= 0.3 is 0 Å². The summed E-state index contributed by atoms with van der Waals surface area (Å²) in [5, 5.41) is 11.7. The largest absolute Gasteiger partial charge is 0.492 e. The van der Waals surface area contributed by atoms with E-state index in [0.717, 1.165) is 37.3 Å². The van der Waals surface area contributed by atoms with Crippen LogP contribution in [-0.2, 0) is 14.2 Å². The van der Waals surface area contributed by atoms with Crippen LogP contribution >= 0.6 is 0 Å². The molecule has 5 nitrogen and oxygen atoms in total. The summed E-state index contributed by atoms with van der Waals surface area (Å²) >= 11 is 0. The lowest BCUT2D eigenvalue weighted by molar-refractivity contribution is 0.0599. The van der Waals surface area contributed by atoms with Crippen LogP contribution in [0.4, 0.5) is 0 Å². The highest BCUT2D eigenvalue weighted by Crippen LogP contribution is 2.28. The molecule has 1 aromatic rings. The first-order valence-corrected chi connectivity index (χ1v) is 16.2. The van der Waals surface area contributed by atoms with Crippen molar-refractivity contribution in [3.63, 3.8) is 0 Å². The number of hydrogen-bond donors (Lipinski definition) is 2. The number of allylic oxidation sites excluding steroid dienone is 12. The van der Waals surface area contributed by atoms with Crippen molar-refractivity contribution in [3.05, 3.63) is 132 Å². The van der Waals surface area contributed by atoms with E-state index < -0.39 is 0 Å². The van der Waals surface area contributed by atoms with Crippen LogP contribution in [0.25, 0.3) is 11.1 Å². The SMILES string of the molecule is C=C(/C=C\C(=C/C)OCCO)OC1CNC1.C=C/C(=C(C)\C=C/C)c1ccc(C(/C=C\C(=C)OC2CCC2)=C/C)cc1C.CC. The van der Waals surface area contributed by atoms with Gasteiger partial charge in [0.1, 0.15) is 30.0 Å². The van der Waals surface area contributed by atoms with Gasteiger partial charge in [0.05, 0.1) is 12.7 Å². The van der Waals surface area contributed by atoms with Gasteiger partial charge in [-0.2, -0.15) is 0 Å². The predicted molar refractivity (Wildman–Crippen MR) is 194 cm³/mol. The molecule has 1 aliphatic carbocycles. The van der Waals surface area contributed by atoms with E-state index in [1.165, 1.54) is 34.3 Å². The lowest BCUT2D eigenvalue weighted by Gasteiger charge is -2.27. The molecule has 0 amide bonds. The number of benzene rings is 1. The first-order valence-electron chi connectivity index (χ1n) is 16.2. The Morgan fingerprint density at radius 2 is 1.58 bits per heavy atom. The fraction of sp³-hybridized carbons (Fsp3) is 0.400. The summed E-state index contributed by atoms with van der Waals surface area (Å²) in [6.07, 6.45) is 21.8. The molecule has 0 bridgehead atoms. The van der Waals surface area contributed by atoms with E-state index in [1.54, 1.807) is 12.2 Å². The predicted octanol–water partition coefficient (Wildman–Crippen LogP) is 9.56. The van der Waals surface area contributed by atoms with Crippen molar-refractivity contribution in [2.75, 3.05) is 26.3 Å². The van der Waals surface area contributed by atoms with Gasteiger partial charge in [0.2, 0.25) is 0 Å². The molecular formula is C40H57NO4. The summed E-state index contributed by atoms with van der Waals surface area (Å²) in [5.41, 5.74) is 7.22. The lowest BCUT2D eigenvalue weighted by atomic mass is 9.93. The Bertz CT molecular complexity index is 1270. The second-order valence-electron chi connectivity index (χ2n) is 10.5. The molecular weight excluding hydrogens is 558 g/mol. The van der Waals surface area contributed by atoms with Crippen molar-refractivity contribution in [1.29, 1.82) is 0 Å². The topological polar surface area (TPSA) is 60.0 Å². The summed E-state index contributed by atoms with van der Waals surface area (Å²) in [4.78, 5) is 0. The minimum atomic E-state index is 0.0103. The summed E-state index contributed by atoms with van der Waals surface area (Å²) in [5.74, 6) is 2.07. The van der Waals surface area contributed by atoms with Crippen LogP contribution in [0, 0.1) is 6.92 Å². The van der Waals surface area contributed by atoms with E-state index in [-0.39, 0.29) is 12.7 Å². The van der Waals surface area contributed by atoms with Crippen LogP contribution in [-0.4, -0.2) is 43.6 Å². The van der Waals surface area contributed by atoms with Crippen molar-refractivity contribution in [3.8, 4) is 0 Å². The van der Waals surface area contributed by atoms with Gasteiger partial charge in [-0.25, -0.2) is 0 Å². The third-order valence-corrected chi connectivity index (χ3v) is 7.17.